The fourth-order valence-corrected chi connectivity index (χ4v) is 2.92. The van der Waals surface area contributed by atoms with Crippen molar-refractivity contribution in [1.82, 2.24) is 5.32 Å². The summed E-state index contributed by atoms with van der Waals surface area (Å²) < 4.78 is 0. The Hall–Kier alpha value is -0.870. The van der Waals surface area contributed by atoms with Gasteiger partial charge in [-0.25, -0.2) is 0 Å². The number of hydrogen-bond donors (Lipinski definition) is 1. The molecule has 1 heterocycles. The van der Waals surface area contributed by atoms with Crippen molar-refractivity contribution >= 4 is 34.6 Å². The zero-order valence-corrected chi connectivity index (χ0v) is 13.0. The van der Waals surface area contributed by atoms with Crippen molar-refractivity contribution < 1.29 is 9.59 Å². The van der Waals surface area contributed by atoms with E-state index in [0.717, 1.165) is 31.2 Å². The van der Waals surface area contributed by atoms with Gasteiger partial charge in [0.25, 0.3) is 0 Å². The number of hydrogen-bond acceptors (Lipinski definition) is 3. The smallest absolute Gasteiger partial charge is 0.220 e. The van der Waals surface area contributed by atoms with Crippen LogP contribution in [0.2, 0.25) is 5.02 Å². The van der Waals surface area contributed by atoms with E-state index in [1.807, 2.05) is 12.3 Å². The van der Waals surface area contributed by atoms with Gasteiger partial charge in [-0.1, -0.05) is 37.8 Å². The van der Waals surface area contributed by atoms with Crippen LogP contribution in [-0.4, -0.2) is 18.2 Å². The van der Waals surface area contributed by atoms with Gasteiger partial charge in [0, 0.05) is 6.42 Å². The molecule has 0 saturated heterocycles. The Morgan fingerprint density at radius 2 is 2.05 bits per heavy atom. The van der Waals surface area contributed by atoms with Gasteiger partial charge >= 0.3 is 0 Å². The summed E-state index contributed by atoms with van der Waals surface area (Å²) in [6.07, 6.45) is 4.73. The van der Waals surface area contributed by atoms with Crippen LogP contribution in [0.5, 0.6) is 0 Å². The van der Waals surface area contributed by atoms with E-state index in [4.69, 9.17) is 11.6 Å². The van der Waals surface area contributed by atoms with E-state index in [-0.39, 0.29) is 18.2 Å². The second-order valence-corrected chi connectivity index (χ2v) is 5.83. The molecule has 0 aliphatic carbocycles. The number of rotatable bonds is 8. The molecule has 0 fully saturated rings. The van der Waals surface area contributed by atoms with Gasteiger partial charge in [0.1, 0.15) is 0 Å². The van der Waals surface area contributed by atoms with Gasteiger partial charge in [0.2, 0.25) is 5.91 Å². The van der Waals surface area contributed by atoms with E-state index in [1.54, 1.807) is 0 Å². The Balaban J connectivity index is 2.30. The van der Waals surface area contributed by atoms with Crippen molar-refractivity contribution in [3.8, 4) is 0 Å². The van der Waals surface area contributed by atoms with Gasteiger partial charge in [0.15, 0.2) is 5.78 Å². The predicted molar refractivity (Wildman–Crippen MR) is 80.2 cm³/mol. The Bertz CT molecular complexity index is 443. The highest BCUT2D eigenvalue weighted by atomic mass is 35.5. The first-order valence-corrected chi connectivity index (χ1v) is 7.85. The topological polar surface area (TPSA) is 46.2 Å². The maximum atomic E-state index is 11.9. The molecule has 106 valence electrons. The second-order valence-electron chi connectivity index (χ2n) is 4.57. The molecule has 1 N–H and O–H groups in total. The Labute approximate surface area is 123 Å². The van der Waals surface area contributed by atoms with Crippen LogP contribution in [0.15, 0.2) is 5.38 Å². The van der Waals surface area contributed by atoms with E-state index in [0.29, 0.717) is 16.3 Å². The minimum atomic E-state index is -0.120. The van der Waals surface area contributed by atoms with Crippen molar-refractivity contribution in [2.75, 3.05) is 6.54 Å². The molecule has 3 nitrogen and oxygen atoms in total. The van der Waals surface area contributed by atoms with Crippen LogP contribution < -0.4 is 5.32 Å². The van der Waals surface area contributed by atoms with Crippen molar-refractivity contribution in [3.63, 3.8) is 0 Å². The van der Waals surface area contributed by atoms with Crippen molar-refractivity contribution in [3.05, 3.63) is 20.8 Å². The monoisotopic (exact) mass is 301 g/mol. The average Bonchev–Trinajstić information content (AvgIpc) is 2.72. The zero-order chi connectivity index (χ0) is 14.3. The number of nitrogens with one attached hydrogen (secondary N) is 1. The van der Waals surface area contributed by atoms with Crippen LogP contribution in [0.1, 0.15) is 54.3 Å². The molecule has 0 aliphatic heterocycles. The Morgan fingerprint density at radius 3 is 2.63 bits per heavy atom. The minimum Gasteiger partial charge on any atom is -0.349 e. The number of amides is 1. The second kappa shape index (κ2) is 8.33. The summed E-state index contributed by atoms with van der Waals surface area (Å²) in [6.45, 7) is 4.03. The molecular formula is C14H20ClNO2S. The molecule has 1 aromatic rings. The first-order valence-electron chi connectivity index (χ1n) is 6.59. The fraction of sp³-hybridized carbons (Fsp3) is 0.571. The number of carbonyl (C=O) groups is 2. The van der Waals surface area contributed by atoms with E-state index in [9.17, 15) is 9.59 Å². The van der Waals surface area contributed by atoms with E-state index < -0.39 is 0 Å². The van der Waals surface area contributed by atoms with Gasteiger partial charge in [-0.3, -0.25) is 9.59 Å². The summed E-state index contributed by atoms with van der Waals surface area (Å²) in [5, 5.41) is 5.01. The van der Waals surface area contributed by atoms with Crippen LogP contribution >= 0.6 is 22.9 Å². The molecule has 1 aromatic heterocycles. The van der Waals surface area contributed by atoms with E-state index >= 15 is 0 Å². The SMILES string of the molecule is CCCCCCC(=O)NCC(=O)c1scc(C)c1Cl. The maximum absolute atomic E-state index is 11.9. The predicted octanol–water partition coefficient (Wildman–Crippen LogP) is 3.98. The molecule has 0 aliphatic rings. The van der Waals surface area contributed by atoms with Crippen molar-refractivity contribution in [1.29, 1.82) is 0 Å². The van der Waals surface area contributed by atoms with Crippen LogP contribution in [0, 0.1) is 6.92 Å². The number of halogens is 1. The number of unbranched alkanes of at least 4 members (excludes halogenated alkanes) is 3. The van der Waals surface area contributed by atoms with Gasteiger partial charge in [-0.05, 0) is 24.3 Å². The third kappa shape index (κ3) is 5.33. The van der Waals surface area contributed by atoms with Crippen molar-refractivity contribution in [2.24, 2.45) is 0 Å². The summed E-state index contributed by atoms with van der Waals surface area (Å²) in [4.78, 5) is 23.9. The molecule has 0 spiro atoms. The van der Waals surface area contributed by atoms with Gasteiger partial charge in [-0.15, -0.1) is 11.3 Å². The van der Waals surface area contributed by atoms with Gasteiger partial charge in [0.05, 0.1) is 16.4 Å². The maximum Gasteiger partial charge on any atom is 0.220 e. The highest BCUT2D eigenvalue weighted by Crippen LogP contribution is 2.27. The highest BCUT2D eigenvalue weighted by Gasteiger charge is 2.15. The summed E-state index contributed by atoms with van der Waals surface area (Å²) >= 11 is 7.34. The Kier molecular flexibility index (Phi) is 7.10. The fourth-order valence-electron chi connectivity index (χ4n) is 1.68. The summed E-state index contributed by atoms with van der Waals surface area (Å²) in [6, 6.07) is 0. The average molecular weight is 302 g/mol. The van der Waals surface area contributed by atoms with Gasteiger partial charge < -0.3 is 5.32 Å². The standard InChI is InChI=1S/C14H20ClNO2S/c1-3-4-5-6-7-12(18)16-8-11(17)14-13(15)10(2)9-19-14/h9H,3-8H2,1-2H3,(H,16,18). The number of aryl methyl sites for hydroxylation is 1. The lowest BCUT2D eigenvalue weighted by molar-refractivity contribution is -0.121. The molecule has 0 saturated carbocycles. The summed E-state index contributed by atoms with van der Waals surface area (Å²) in [5.41, 5.74) is 0.904. The molecule has 0 atom stereocenters. The third-order valence-corrected chi connectivity index (χ3v) is 4.59. The first kappa shape index (κ1) is 16.2. The lowest BCUT2D eigenvalue weighted by Crippen LogP contribution is -2.29. The van der Waals surface area contributed by atoms with Crippen LogP contribution in [0.25, 0.3) is 0 Å². The van der Waals surface area contributed by atoms with Crippen LogP contribution in [0.4, 0.5) is 0 Å². The third-order valence-electron chi connectivity index (χ3n) is 2.86. The van der Waals surface area contributed by atoms with E-state index in [1.165, 1.54) is 11.3 Å². The van der Waals surface area contributed by atoms with Crippen LogP contribution in [0.3, 0.4) is 0 Å². The molecule has 1 rings (SSSR count). The zero-order valence-electron chi connectivity index (χ0n) is 11.4. The molecule has 19 heavy (non-hydrogen) atoms. The number of ketones is 1. The lowest BCUT2D eigenvalue weighted by atomic mass is 10.1. The first-order chi connectivity index (χ1) is 9.06. The number of thiophene rings is 1. The lowest BCUT2D eigenvalue weighted by Gasteiger charge is -2.04. The normalized spacial score (nSPS) is 10.5. The summed E-state index contributed by atoms with van der Waals surface area (Å²) in [7, 11) is 0. The molecule has 5 heteroatoms. The minimum absolute atomic E-state index is 0.0340. The number of Topliss-reactive ketones (excluding diaryl/α,β-unsaturated/α-hetero) is 1. The molecule has 0 bridgehead atoms. The molecular weight excluding hydrogens is 282 g/mol. The number of carbonyl (C=O) groups excluding carboxylic acids is 2. The highest BCUT2D eigenvalue weighted by molar-refractivity contribution is 7.13. The molecule has 0 unspecified atom stereocenters. The van der Waals surface area contributed by atoms with Crippen molar-refractivity contribution in [2.45, 2.75) is 46.0 Å². The van der Waals surface area contributed by atoms with E-state index in [2.05, 4.69) is 12.2 Å². The molecule has 1 amide bonds. The molecule has 0 radical (unpaired) electrons. The van der Waals surface area contributed by atoms with Crippen LogP contribution in [-0.2, 0) is 4.79 Å². The summed E-state index contributed by atoms with van der Waals surface area (Å²) in [5.74, 6) is -0.182. The molecule has 0 aromatic carbocycles. The van der Waals surface area contributed by atoms with Gasteiger partial charge in [-0.2, -0.15) is 0 Å². The quantitative estimate of drug-likeness (QED) is 0.583. The largest absolute Gasteiger partial charge is 0.349 e. The Morgan fingerprint density at radius 1 is 1.32 bits per heavy atom.